The van der Waals surface area contributed by atoms with E-state index in [4.69, 9.17) is 23.7 Å². The Bertz CT molecular complexity index is 862. The van der Waals surface area contributed by atoms with Crippen LogP contribution in [0.4, 0.5) is 10.5 Å². The Kier molecular flexibility index (Phi) is 7.32. The first-order valence-electron chi connectivity index (χ1n) is 9.68. The van der Waals surface area contributed by atoms with Gasteiger partial charge in [-0.2, -0.15) is 0 Å². The van der Waals surface area contributed by atoms with Crippen molar-refractivity contribution >= 4 is 11.8 Å². The molecule has 0 radical (unpaired) electrons. The van der Waals surface area contributed by atoms with Crippen LogP contribution in [0, 0.1) is 0 Å². The quantitative estimate of drug-likeness (QED) is 0.672. The molecule has 1 heterocycles. The van der Waals surface area contributed by atoms with Gasteiger partial charge in [-0.3, -0.25) is 5.32 Å². The summed E-state index contributed by atoms with van der Waals surface area (Å²) in [6.07, 6.45) is -0.0753. The van der Waals surface area contributed by atoms with Crippen molar-refractivity contribution in [1.82, 2.24) is 0 Å². The van der Waals surface area contributed by atoms with E-state index in [9.17, 15) is 4.79 Å². The number of hydrogen-bond donors (Lipinski definition) is 1. The number of ether oxygens (including phenoxy) is 5. The summed E-state index contributed by atoms with van der Waals surface area (Å²) in [6, 6.07) is 14.7. The molecular weight excluding hydrogens is 386 g/mol. The molecule has 7 heteroatoms. The molecule has 0 saturated carbocycles. The van der Waals surface area contributed by atoms with Crippen LogP contribution in [-0.4, -0.2) is 38.8 Å². The van der Waals surface area contributed by atoms with Gasteiger partial charge in [-0.1, -0.05) is 12.1 Å². The highest BCUT2D eigenvalue weighted by atomic mass is 16.7. The molecule has 0 saturated heterocycles. The van der Waals surface area contributed by atoms with E-state index in [0.29, 0.717) is 18.0 Å². The van der Waals surface area contributed by atoms with Crippen LogP contribution in [0.15, 0.2) is 60.2 Å². The van der Waals surface area contributed by atoms with Crippen LogP contribution in [0.1, 0.15) is 19.4 Å². The Balaban J connectivity index is 1.53. The Morgan fingerprint density at radius 2 is 1.60 bits per heavy atom. The highest BCUT2D eigenvalue weighted by Crippen LogP contribution is 2.24. The van der Waals surface area contributed by atoms with Crippen molar-refractivity contribution in [2.75, 3.05) is 19.5 Å². The molecule has 0 fully saturated rings. The zero-order valence-electron chi connectivity index (χ0n) is 17.6. The van der Waals surface area contributed by atoms with E-state index in [1.807, 2.05) is 44.2 Å². The standard InChI is InChI=1S/C23H27NO6/c1-15-13-21(28-14-17-5-9-19(26-3)10-6-17)29-16(2)22(15)30-23(25)24-18-7-11-20(27-4)12-8-18/h5-13,16,21-22H,14H2,1-4H3,(H,24,25)/t16-,21?,22-/m0/s1. The van der Waals surface area contributed by atoms with E-state index in [1.165, 1.54) is 0 Å². The molecule has 0 aliphatic carbocycles. The minimum Gasteiger partial charge on any atom is -0.497 e. The Hall–Kier alpha value is -3.03. The second-order valence-corrected chi connectivity index (χ2v) is 6.96. The molecular formula is C23H27NO6. The molecule has 0 aromatic heterocycles. The van der Waals surface area contributed by atoms with Crippen molar-refractivity contribution in [2.24, 2.45) is 0 Å². The number of carbonyl (C=O) groups is 1. The van der Waals surface area contributed by atoms with Crippen molar-refractivity contribution in [3.05, 3.63) is 65.7 Å². The summed E-state index contributed by atoms with van der Waals surface area (Å²) in [5.74, 6) is 1.51. The van der Waals surface area contributed by atoms with Crippen LogP contribution in [0.3, 0.4) is 0 Å². The second kappa shape index (κ2) is 10.1. The highest BCUT2D eigenvalue weighted by Gasteiger charge is 2.31. The van der Waals surface area contributed by atoms with E-state index < -0.39 is 18.5 Å². The molecule has 7 nitrogen and oxygen atoms in total. The number of rotatable bonds is 7. The minimum absolute atomic E-state index is 0.350. The number of benzene rings is 2. The number of nitrogens with one attached hydrogen (secondary N) is 1. The van der Waals surface area contributed by atoms with E-state index in [2.05, 4.69) is 5.32 Å². The molecule has 0 spiro atoms. The van der Waals surface area contributed by atoms with Crippen molar-refractivity contribution < 1.29 is 28.5 Å². The second-order valence-electron chi connectivity index (χ2n) is 6.96. The van der Waals surface area contributed by atoms with Crippen molar-refractivity contribution in [1.29, 1.82) is 0 Å². The predicted octanol–water partition coefficient (Wildman–Crippen LogP) is 4.53. The van der Waals surface area contributed by atoms with Crippen LogP contribution >= 0.6 is 0 Å². The van der Waals surface area contributed by atoms with Gasteiger partial charge < -0.3 is 23.7 Å². The summed E-state index contributed by atoms with van der Waals surface area (Å²) in [4.78, 5) is 12.3. The lowest BCUT2D eigenvalue weighted by molar-refractivity contribution is -0.172. The SMILES string of the molecule is COc1ccc(COC2C=C(C)[C@H](OC(=O)Nc3ccc(OC)cc3)[C@H](C)O2)cc1. The van der Waals surface area contributed by atoms with Crippen molar-refractivity contribution in [3.63, 3.8) is 0 Å². The summed E-state index contributed by atoms with van der Waals surface area (Å²) in [7, 11) is 3.22. The maximum absolute atomic E-state index is 12.3. The number of hydrogen-bond acceptors (Lipinski definition) is 6. The highest BCUT2D eigenvalue weighted by molar-refractivity contribution is 5.84. The van der Waals surface area contributed by atoms with E-state index in [1.54, 1.807) is 38.5 Å². The third-order valence-corrected chi connectivity index (χ3v) is 4.77. The summed E-state index contributed by atoms with van der Waals surface area (Å²) in [5, 5.41) is 2.71. The molecule has 3 rings (SSSR count). The Morgan fingerprint density at radius 3 is 2.17 bits per heavy atom. The van der Waals surface area contributed by atoms with Crippen molar-refractivity contribution in [2.45, 2.75) is 39.0 Å². The topological polar surface area (TPSA) is 75.3 Å². The fourth-order valence-electron chi connectivity index (χ4n) is 3.12. The number of anilines is 1. The van der Waals surface area contributed by atoms with Crippen LogP contribution in [0.5, 0.6) is 11.5 Å². The van der Waals surface area contributed by atoms with Gasteiger partial charge in [0.05, 0.1) is 26.9 Å². The monoisotopic (exact) mass is 413 g/mol. The molecule has 0 bridgehead atoms. The van der Waals surface area contributed by atoms with E-state index in [-0.39, 0.29) is 6.10 Å². The summed E-state index contributed by atoms with van der Waals surface area (Å²) >= 11 is 0. The van der Waals surface area contributed by atoms with Gasteiger partial charge in [0.25, 0.3) is 0 Å². The fraction of sp³-hybridized carbons (Fsp3) is 0.348. The van der Waals surface area contributed by atoms with Gasteiger partial charge >= 0.3 is 6.09 Å². The lowest BCUT2D eigenvalue weighted by atomic mass is 10.0. The Morgan fingerprint density at radius 1 is 1.00 bits per heavy atom. The minimum atomic E-state index is -0.550. The maximum Gasteiger partial charge on any atom is 0.412 e. The number of methoxy groups -OCH3 is 2. The van der Waals surface area contributed by atoms with Gasteiger partial charge in [-0.25, -0.2) is 4.79 Å². The molecule has 1 N–H and O–H groups in total. The molecule has 1 unspecified atom stereocenters. The molecule has 160 valence electrons. The van der Waals surface area contributed by atoms with Gasteiger partial charge in [0.2, 0.25) is 0 Å². The maximum atomic E-state index is 12.3. The summed E-state index contributed by atoms with van der Waals surface area (Å²) in [6.45, 7) is 4.15. The summed E-state index contributed by atoms with van der Waals surface area (Å²) in [5.41, 5.74) is 2.50. The molecule has 1 aliphatic rings. The average Bonchev–Trinajstić information content (AvgIpc) is 2.75. The first-order valence-corrected chi connectivity index (χ1v) is 9.68. The smallest absolute Gasteiger partial charge is 0.412 e. The van der Waals surface area contributed by atoms with Crippen LogP contribution in [-0.2, 0) is 20.8 Å². The normalized spacial score (nSPS) is 20.8. The van der Waals surface area contributed by atoms with Gasteiger partial charge in [-0.05, 0) is 67.5 Å². The zero-order chi connectivity index (χ0) is 21.5. The third-order valence-electron chi connectivity index (χ3n) is 4.77. The first kappa shape index (κ1) is 21.7. The van der Waals surface area contributed by atoms with Gasteiger partial charge in [0.15, 0.2) is 12.4 Å². The molecule has 3 atom stereocenters. The first-order chi connectivity index (χ1) is 14.5. The number of carbonyl (C=O) groups excluding carboxylic acids is 1. The molecule has 1 amide bonds. The lowest BCUT2D eigenvalue weighted by Gasteiger charge is -2.32. The largest absolute Gasteiger partial charge is 0.497 e. The van der Waals surface area contributed by atoms with Crippen LogP contribution in [0.2, 0.25) is 0 Å². The predicted molar refractivity (Wildman–Crippen MR) is 113 cm³/mol. The van der Waals surface area contributed by atoms with Crippen LogP contribution < -0.4 is 14.8 Å². The van der Waals surface area contributed by atoms with Gasteiger partial charge in [0.1, 0.15) is 11.5 Å². The Labute approximate surface area is 176 Å². The van der Waals surface area contributed by atoms with E-state index in [0.717, 1.165) is 16.9 Å². The number of amides is 1. The molecule has 2 aromatic carbocycles. The van der Waals surface area contributed by atoms with Gasteiger partial charge in [-0.15, -0.1) is 0 Å². The van der Waals surface area contributed by atoms with Crippen molar-refractivity contribution in [3.8, 4) is 11.5 Å². The average molecular weight is 413 g/mol. The van der Waals surface area contributed by atoms with E-state index >= 15 is 0 Å². The lowest BCUT2D eigenvalue weighted by Crippen LogP contribution is -2.40. The third kappa shape index (κ3) is 5.75. The zero-order valence-corrected chi connectivity index (χ0v) is 17.6. The molecule has 2 aromatic rings. The van der Waals surface area contributed by atoms with Gasteiger partial charge in [0, 0.05) is 5.69 Å². The molecule has 1 aliphatic heterocycles. The summed E-state index contributed by atoms with van der Waals surface area (Å²) < 4.78 is 27.6. The van der Waals surface area contributed by atoms with Crippen LogP contribution in [0.25, 0.3) is 0 Å². The fourth-order valence-corrected chi connectivity index (χ4v) is 3.12. The molecule has 30 heavy (non-hydrogen) atoms.